The molecule has 2 unspecified atom stereocenters. The van der Waals surface area contributed by atoms with Crippen molar-refractivity contribution in [2.75, 3.05) is 13.2 Å². The van der Waals surface area contributed by atoms with Gasteiger partial charge in [-0.1, -0.05) is 24.6 Å². The van der Waals surface area contributed by atoms with E-state index < -0.39 is 0 Å². The van der Waals surface area contributed by atoms with E-state index in [4.69, 9.17) is 16.3 Å². The summed E-state index contributed by atoms with van der Waals surface area (Å²) in [5.41, 5.74) is 1.31. The Bertz CT molecular complexity index is 435. The molecule has 0 saturated carbocycles. The number of hydrogen-bond acceptors (Lipinski definition) is 2. The molecule has 1 N–H and O–H groups in total. The highest BCUT2D eigenvalue weighted by atomic mass is 127. The van der Waals surface area contributed by atoms with Crippen molar-refractivity contribution in [2.45, 2.75) is 57.6 Å². The Balaban J connectivity index is 1.90. The lowest BCUT2D eigenvalue weighted by molar-refractivity contribution is 0.101. The van der Waals surface area contributed by atoms with Gasteiger partial charge in [-0.2, -0.15) is 0 Å². The van der Waals surface area contributed by atoms with Gasteiger partial charge in [-0.3, -0.25) is 0 Å². The van der Waals surface area contributed by atoms with Gasteiger partial charge in [0.2, 0.25) is 0 Å². The van der Waals surface area contributed by atoms with E-state index in [1.807, 2.05) is 0 Å². The fourth-order valence-corrected chi connectivity index (χ4v) is 3.38. The van der Waals surface area contributed by atoms with Gasteiger partial charge in [0.25, 0.3) is 0 Å². The van der Waals surface area contributed by atoms with Crippen LogP contribution in [-0.2, 0) is 4.74 Å². The van der Waals surface area contributed by atoms with Crippen molar-refractivity contribution in [2.24, 2.45) is 0 Å². The van der Waals surface area contributed by atoms with Crippen molar-refractivity contribution >= 4 is 34.2 Å². The molecular formula is C17H25ClINO. The van der Waals surface area contributed by atoms with Crippen molar-refractivity contribution in [3.63, 3.8) is 0 Å². The Morgan fingerprint density at radius 2 is 2.33 bits per heavy atom. The number of nitrogens with one attached hydrogen (secondary N) is 1. The summed E-state index contributed by atoms with van der Waals surface area (Å²) in [7, 11) is 0. The van der Waals surface area contributed by atoms with Gasteiger partial charge >= 0.3 is 0 Å². The molecule has 1 fully saturated rings. The monoisotopic (exact) mass is 421 g/mol. The van der Waals surface area contributed by atoms with Crippen LogP contribution in [0, 0.1) is 3.57 Å². The second-order valence-electron chi connectivity index (χ2n) is 5.75. The molecule has 0 bridgehead atoms. The summed E-state index contributed by atoms with van der Waals surface area (Å²) in [6.45, 7) is 4.21. The van der Waals surface area contributed by atoms with Crippen LogP contribution in [-0.4, -0.2) is 19.3 Å². The molecule has 118 valence electrons. The first-order chi connectivity index (χ1) is 10.2. The van der Waals surface area contributed by atoms with Gasteiger partial charge in [-0.05, 0) is 85.4 Å². The molecule has 0 aliphatic carbocycles. The van der Waals surface area contributed by atoms with Crippen LogP contribution in [0.1, 0.15) is 57.1 Å². The molecule has 1 aromatic rings. The summed E-state index contributed by atoms with van der Waals surface area (Å²) in [4.78, 5) is 0. The number of rotatable bonds is 8. The summed E-state index contributed by atoms with van der Waals surface area (Å²) in [6.07, 6.45) is 7.66. The SMILES string of the molecule is CCCNC(CCCC1CCCO1)c1ccc(I)c(Cl)c1. The predicted octanol–water partition coefficient (Wildman–Crippen LogP) is 5.33. The van der Waals surface area contributed by atoms with Crippen LogP contribution < -0.4 is 5.32 Å². The van der Waals surface area contributed by atoms with Crippen molar-refractivity contribution < 1.29 is 4.74 Å². The zero-order valence-corrected chi connectivity index (χ0v) is 15.6. The van der Waals surface area contributed by atoms with E-state index in [0.29, 0.717) is 12.1 Å². The van der Waals surface area contributed by atoms with E-state index in [1.54, 1.807) is 0 Å². The molecule has 21 heavy (non-hydrogen) atoms. The van der Waals surface area contributed by atoms with Crippen LogP contribution in [0.3, 0.4) is 0 Å². The number of benzene rings is 1. The first-order valence-corrected chi connectivity index (χ1v) is 9.46. The summed E-state index contributed by atoms with van der Waals surface area (Å²) >= 11 is 8.55. The Kier molecular flexibility index (Phi) is 7.78. The van der Waals surface area contributed by atoms with E-state index in [-0.39, 0.29) is 0 Å². The lowest BCUT2D eigenvalue weighted by Gasteiger charge is -2.20. The maximum Gasteiger partial charge on any atom is 0.0576 e. The Hall–Kier alpha value is 0.160. The van der Waals surface area contributed by atoms with Crippen molar-refractivity contribution in [1.29, 1.82) is 0 Å². The quantitative estimate of drug-likeness (QED) is 0.572. The van der Waals surface area contributed by atoms with Crippen LogP contribution in [0.2, 0.25) is 5.02 Å². The average molecular weight is 422 g/mol. The second kappa shape index (κ2) is 9.33. The smallest absolute Gasteiger partial charge is 0.0576 e. The van der Waals surface area contributed by atoms with Crippen molar-refractivity contribution in [1.82, 2.24) is 5.32 Å². The van der Waals surface area contributed by atoms with Crippen LogP contribution in [0.25, 0.3) is 0 Å². The molecule has 1 aliphatic heterocycles. The van der Waals surface area contributed by atoms with Crippen LogP contribution in [0.15, 0.2) is 18.2 Å². The molecule has 4 heteroatoms. The molecule has 0 spiro atoms. The summed E-state index contributed by atoms with van der Waals surface area (Å²) in [5, 5.41) is 4.51. The molecule has 2 atom stereocenters. The van der Waals surface area contributed by atoms with E-state index in [2.05, 4.69) is 53.0 Å². The zero-order valence-electron chi connectivity index (χ0n) is 12.7. The highest BCUT2D eigenvalue weighted by Gasteiger charge is 2.17. The minimum Gasteiger partial charge on any atom is -0.378 e. The minimum absolute atomic E-state index is 0.404. The van der Waals surface area contributed by atoms with E-state index in [9.17, 15) is 0 Å². The minimum atomic E-state index is 0.404. The predicted molar refractivity (Wildman–Crippen MR) is 98.0 cm³/mol. The summed E-state index contributed by atoms with van der Waals surface area (Å²) < 4.78 is 6.83. The molecule has 1 aromatic carbocycles. The largest absolute Gasteiger partial charge is 0.378 e. The fourth-order valence-electron chi connectivity index (χ4n) is 2.86. The third-order valence-corrected chi connectivity index (χ3v) is 5.60. The van der Waals surface area contributed by atoms with Crippen molar-refractivity contribution in [3.8, 4) is 0 Å². The van der Waals surface area contributed by atoms with E-state index in [0.717, 1.165) is 34.6 Å². The van der Waals surface area contributed by atoms with Gasteiger partial charge < -0.3 is 10.1 Å². The summed E-state index contributed by atoms with van der Waals surface area (Å²) in [5.74, 6) is 0. The van der Waals surface area contributed by atoms with Gasteiger partial charge in [-0.15, -0.1) is 0 Å². The van der Waals surface area contributed by atoms with Crippen LogP contribution in [0.4, 0.5) is 0 Å². The topological polar surface area (TPSA) is 21.3 Å². The van der Waals surface area contributed by atoms with Gasteiger partial charge in [0.1, 0.15) is 0 Å². The highest BCUT2D eigenvalue weighted by Crippen LogP contribution is 2.27. The normalized spacial score (nSPS) is 19.9. The molecule has 1 saturated heterocycles. The number of halogens is 2. The first kappa shape index (κ1) is 17.5. The zero-order chi connectivity index (χ0) is 15.1. The first-order valence-electron chi connectivity index (χ1n) is 8.00. The number of hydrogen-bond donors (Lipinski definition) is 1. The Morgan fingerprint density at radius 3 is 3.00 bits per heavy atom. The Labute approximate surface area is 147 Å². The molecule has 2 rings (SSSR count). The maximum absolute atomic E-state index is 6.27. The lowest BCUT2D eigenvalue weighted by atomic mass is 9.99. The molecule has 2 nitrogen and oxygen atoms in total. The molecule has 0 aromatic heterocycles. The highest BCUT2D eigenvalue weighted by molar-refractivity contribution is 14.1. The molecule has 1 aliphatic rings. The fraction of sp³-hybridized carbons (Fsp3) is 0.647. The van der Waals surface area contributed by atoms with Crippen LogP contribution >= 0.6 is 34.2 Å². The third kappa shape index (κ3) is 5.70. The van der Waals surface area contributed by atoms with Gasteiger partial charge in [-0.25, -0.2) is 0 Å². The summed E-state index contributed by atoms with van der Waals surface area (Å²) in [6, 6.07) is 6.83. The lowest BCUT2D eigenvalue weighted by Crippen LogP contribution is -2.22. The third-order valence-electron chi connectivity index (χ3n) is 4.03. The Morgan fingerprint density at radius 1 is 1.48 bits per heavy atom. The van der Waals surface area contributed by atoms with E-state index >= 15 is 0 Å². The molecular weight excluding hydrogens is 397 g/mol. The molecule has 1 heterocycles. The van der Waals surface area contributed by atoms with Gasteiger partial charge in [0, 0.05) is 16.2 Å². The average Bonchev–Trinajstić information content (AvgIpc) is 2.99. The van der Waals surface area contributed by atoms with E-state index in [1.165, 1.54) is 31.2 Å². The number of ether oxygens (including phenoxy) is 1. The van der Waals surface area contributed by atoms with Crippen LogP contribution in [0.5, 0.6) is 0 Å². The van der Waals surface area contributed by atoms with Crippen molar-refractivity contribution in [3.05, 3.63) is 32.4 Å². The van der Waals surface area contributed by atoms with Gasteiger partial charge in [0.05, 0.1) is 11.1 Å². The maximum atomic E-state index is 6.27. The molecule has 0 amide bonds. The standard InChI is InChI=1S/C17H25ClINO/c1-2-10-20-17(7-3-5-14-6-4-11-21-14)13-8-9-16(19)15(18)12-13/h8-9,12,14,17,20H,2-7,10-11H2,1H3. The molecule has 0 radical (unpaired) electrons. The van der Waals surface area contributed by atoms with Gasteiger partial charge in [0.15, 0.2) is 0 Å². The second-order valence-corrected chi connectivity index (χ2v) is 7.32.